The first kappa shape index (κ1) is 116. The monoisotopic (exact) mass is 1670 g/mol. The first-order chi connectivity index (χ1) is 45.2. The van der Waals surface area contributed by atoms with E-state index in [1.165, 1.54) is 283 Å². The molecule has 0 aromatic rings. The predicted molar refractivity (Wildman–Crippen MR) is 446 cm³/mol. The van der Waals surface area contributed by atoms with Crippen molar-refractivity contribution in [2.24, 2.45) is 0 Å². The van der Waals surface area contributed by atoms with E-state index in [0.29, 0.717) is 75.1 Å². The van der Waals surface area contributed by atoms with Crippen LogP contribution in [0.5, 0.6) is 0 Å². The summed E-state index contributed by atoms with van der Waals surface area (Å²) >= 11 is 19.0. The minimum atomic E-state index is -0.0839. The Kier molecular flexibility index (Phi) is 134. The quantitative estimate of drug-likeness (QED) is 0.0145. The number of hydrogen-bond donors (Lipinski definition) is 0. The summed E-state index contributed by atoms with van der Waals surface area (Å²) in [7, 11) is 0. The molecule has 0 atom stereocenters. The van der Waals surface area contributed by atoms with E-state index >= 15 is 0 Å². The van der Waals surface area contributed by atoms with Crippen molar-refractivity contribution in [3.8, 4) is 0 Å². The molecular formula is C82H158O8S5Sn2. The zero-order valence-corrected chi connectivity index (χ0v) is 72.2. The summed E-state index contributed by atoms with van der Waals surface area (Å²) in [6, 6.07) is 0. The maximum Gasteiger partial charge on any atom is 2.00 e. The summed E-state index contributed by atoms with van der Waals surface area (Å²) in [5, 5.41) is 0. The molecule has 97 heavy (non-hydrogen) atoms. The van der Waals surface area contributed by atoms with Gasteiger partial charge in [0.25, 0.3) is 0 Å². The van der Waals surface area contributed by atoms with Gasteiger partial charge in [-0.15, -0.1) is 23.0 Å². The number of rotatable bonds is 68. The topological polar surface area (TPSA) is 105 Å². The minimum absolute atomic E-state index is 0. The van der Waals surface area contributed by atoms with E-state index in [2.05, 4.69) is 76.3 Å². The van der Waals surface area contributed by atoms with Crippen LogP contribution in [0, 0.1) is 0 Å². The third kappa shape index (κ3) is 120. The van der Waals surface area contributed by atoms with Gasteiger partial charge in [0.2, 0.25) is 0 Å². The van der Waals surface area contributed by atoms with E-state index in [9.17, 15) is 19.2 Å². The van der Waals surface area contributed by atoms with Gasteiger partial charge in [0, 0.05) is 25.7 Å². The van der Waals surface area contributed by atoms with Gasteiger partial charge in [-0.25, -0.2) is 0 Å². The van der Waals surface area contributed by atoms with Gasteiger partial charge in [0.1, 0.15) is 0 Å². The van der Waals surface area contributed by atoms with E-state index < -0.39 is 0 Å². The van der Waals surface area contributed by atoms with Crippen molar-refractivity contribution < 1.29 is 38.1 Å². The Hall–Kier alpha value is 0.187. The van der Waals surface area contributed by atoms with Crippen LogP contribution >= 0.6 is 13.5 Å². The number of esters is 4. The molecule has 0 saturated heterocycles. The molecule has 0 unspecified atom stereocenters. The van der Waals surface area contributed by atoms with Gasteiger partial charge in [-0.2, -0.15) is 13.5 Å². The van der Waals surface area contributed by atoms with Crippen molar-refractivity contribution in [2.45, 2.75) is 402 Å². The van der Waals surface area contributed by atoms with Crippen LogP contribution in [0.2, 0.25) is 0 Å². The number of ether oxygens (including phenoxy) is 4. The van der Waals surface area contributed by atoms with Gasteiger partial charge < -0.3 is 69.5 Å². The second-order valence-corrected chi connectivity index (χ2v) is 26.7. The largest absolute Gasteiger partial charge is 2.00 e. The first-order valence-corrected chi connectivity index (χ1v) is 41.1. The molecule has 0 aliphatic rings. The second-order valence-electron chi connectivity index (χ2n) is 25.0. The number of allylic oxidation sites excluding steroid dienone is 8. The molecule has 4 radical (unpaired) electrons. The molecule has 0 rings (SSSR count). The SMILES string of the molecule is C.C.CCC/C=C/CCCCCCCCCCCCC(=O)OCC[S-].CCC/C=C/CCCCCCCCCCCCC(=O)OCC[S-].CCC/C=C/CCCCCCCCCCCCC(=O)OCC[S-].CCC/C=C/CCCCCCCCCCCCC(=O)OCC[S-].S.[Sn+2].[Sn+2]. The van der Waals surface area contributed by atoms with Gasteiger partial charge in [-0.05, 0) is 103 Å². The van der Waals surface area contributed by atoms with Crippen molar-refractivity contribution in [1.29, 1.82) is 0 Å². The predicted octanol–water partition coefficient (Wildman–Crippen LogP) is 25.1. The van der Waals surface area contributed by atoms with E-state index in [-0.39, 0.29) is 100 Å². The second kappa shape index (κ2) is 112. The maximum absolute atomic E-state index is 11.3. The summed E-state index contributed by atoms with van der Waals surface area (Å²) in [5.74, 6) is 1.67. The summed E-state index contributed by atoms with van der Waals surface area (Å²) in [6.07, 6.45) is 87.3. The Labute approximate surface area is 668 Å². The molecule has 0 aliphatic carbocycles. The molecule has 0 spiro atoms. The molecule has 0 aromatic carbocycles. The van der Waals surface area contributed by atoms with Crippen LogP contribution in [0.4, 0.5) is 0 Å². The average molecular weight is 1670 g/mol. The maximum atomic E-state index is 11.3. The summed E-state index contributed by atoms with van der Waals surface area (Å²) in [5.41, 5.74) is 0. The number of carbonyl (C=O) groups is 4. The smallest absolute Gasteiger partial charge is 0.789 e. The molecule has 572 valence electrons. The first-order valence-electron chi connectivity index (χ1n) is 38.8. The van der Waals surface area contributed by atoms with Crippen LogP contribution in [0.25, 0.3) is 0 Å². The van der Waals surface area contributed by atoms with Gasteiger partial charge in [0.15, 0.2) is 0 Å². The molecule has 0 aromatic heterocycles. The molecule has 0 aliphatic heterocycles. The van der Waals surface area contributed by atoms with Gasteiger partial charge in [-0.1, -0.05) is 322 Å². The van der Waals surface area contributed by atoms with Crippen LogP contribution in [-0.4, -0.2) is 121 Å². The average Bonchev–Trinajstić information content (AvgIpc) is 3.68. The van der Waals surface area contributed by atoms with E-state index in [1.54, 1.807) is 0 Å². The van der Waals surface area contributed by atoms with Crippen LogP contribution < -0.4 is 0 Å². The van der Waals surface area contributed by atoms with Crippen LogP contribution in [0.3, 0.4) is 0 Å². The van der Waals surface area contributed by atoms with Crippen LogP contribution in [-0.2, 0) is 88.6 Å². The third-order valence-corrected chi connectivity index (χ3v) is 16.5. The summed E-state index contributed by atoms with van der Waals surface area (Å²) < 4.78 is 19.9. The molecule has 0 heterocycles. The molecule has 0 bridgehead atoms. The molecule has 15 heteroatoms. The molecular weight excluding hydrogens is 1510 g/mol. The van der Waals surface area contributed by atoms with Crippen molar-refractivity contribution in [1.82, 2.24) is 0 Å². The number of unbranched alkanes of at least 4 members (excludes halogenated alkanes) is 44. The molecule has 0 saturated carbocycles. The Bertz CT molecular complexity index is 1350. The Morgan fingerprint density at radius 3 is 0.485 bits per heavy atom. The van der Waals surface area contributed by atoms with E-state index in [4.69, 9.17) is 69.5 Å². The number of carbonyl (C=O) groups excluding carboxylic acids is 4. The van der Waals surface area contributed by atoms with Crippen molar-refractivity contribution in [2.75, 3.05) is 49.4 Å². The Balaban J connectivity index is -0.000000149. The van der Waals surface area contributed by atoms with Crippen LogP contribution in [0.15, 0.2) is 48.6 Å². The fourth-order valence-electron chi connectivity index (χ4n) is 10.3. The Morgan fingerprint density at radius 1 is 0.227 bits per heavy atom. The van der Waals surface area contributed by atoms with Gasteiger partial charge >= 0.3 is 71.7 Å². The zero-order chi connectivity index (χ0) is 68.0. The minimum Gasteiger partial charge on any atom is -0.789 e. The van der Waals surface area contributed by atoms with Crippen LogP contribution in [0.1, 0.15) is 402 Å². The third-order valence-electron chi connectivity index (χ3n) is 15.9. The van der Waals surface area contributed by atoms with E-state index in [0.717, 1.165) is 51.4 Å². The summed E-state index contributed by atoms with van der Waals surface area (Å²) in [6.45, 7) is 10.5. The fraction of sp³-hybridized carbons (Fsp3) is 0.854. The summed E-state index contributed by atoms with van der Waals surface area (Å²) in [4.78, 5) is 45.1. The van der Waals surface area contributed by atoms with E-state index in [1.807, 2.05) is 0 Å². The molecule has 8 nitrogen and oxygen atoms in total. The fourth-order valence-corrected chi connectivity index (χ4v) is 10.6. The molecule has 0 amide bonds. The van der Waals surface area contributed by atoms with Gasteiger partial charge in [-0.3, -0.25) is 19.2 Å². The standard InChI is InChI=1S/4C20H38O2S.2CH4.H2S.2Sn/c4*1-2-3-4-5-6-7-8-9-10-11-12-13-14-15-16-17-20(21)22-18-19-23;;;;;/h4*4-5,23H,2-3,6-19H2,1H3;2*1H4;1H2;;/q;;;;;;;2*+2/p-4/b4*5-4+;;;;;. The van der Waals surface area contributed by atoms with Crippen molar-refractivity contribution in [3.05, 3.63) is 48.6 Å². The van der Waals surface area contributed by atoms with Crippen molar-refractivity contribution in [3.63, 3.8) is 0 Å². The number of hydrogen-bond acceptors (Lipinski definition) is 12. The zero-order valence-electron chi connectivity index (χ0n) is 62.3. The van der Waals surface area contributed by atoms with Crippen molar-refractivity contribution >= 4 is 136 Å². The normalized spacial score (nSPS) is 10.6. The molecule has 0 fully saturated rings. The Morgan fingerprint density at radius 2 is 0.351 bits per heavy atom. The van der Waals surface area contributed by atoms with Gasteiger partial charge in [0.05, 0.1) is 26.4 Å². The molecule has 0 N–H and O–H groups in total.